The van der Waals surface area contributed by atoms with Gasteiger partial charge in [-0.1, -0.05) is 85.7 Å². The van der Waals surface area contributed by atoms with Crippen LogP contribution in [0.15, 0.2) is 60.2 Å². The largest absolute Gasteiger partial charge is 0.508 e. The SMILES string of the molecule is CCc1c(F)ccc2cc(O)cc(-c3ncc4c(N5CCC[C@H](O)C5)nc(OC5CCN(CC(C)(C)CC(C)(C)C(=O)N[C@H](C(=O)N6CCC[C@H]6C(=O)N[C@@H](C)c6ccc(-c7scnc7C)cc6)C(C)(C)C)C5)nc4c3F)c12. The predicted molar refractivity (Wildman–Crippen MR) is 301 cm³/mol. The summed E-state index contributed by atoms with van der Waals surface area (Å²) in [6.07, 6.45) is 4.52. The lowest BCUT2D eigenvalue weighted by atomic mass is 9.73. The Morgan fingerprint density at radius 2 is 1.65 bits per heavy atom. The number of aromatic hydroxyl groups is 1. The monoisotopic (exact) mass is 1090 g/mol. The van der Waals surface area contributed by atoms with Crippen LogP contribution in [-0.4, -0.2) is 121 Å². The predicted octanol–water partition coefficient (Wildman–Crippen LogP) is 10.1. The Hall–Kier alpha value is -6.37. The molecule has 3 aliphatic rings. The Morgan fingerprint density at radius 1 is 0.910 bits per heavy atom. The minimum absolute atomic E-state index is 0.0267. The van der Waals surface area contributed by atoms with Gasteiger partial charge in [0.25, 0.3) is 0 Å². The van der Waals surface area contributed by atoms with E-state index in [1.165, 1.54) is 24.4 Å². The maximum absolute atomic E-state index is 17.2. The molecule has 0 spiro atoms. The molecule has 3 aromatic heterocycles. The van der Waals surface area contributed by atoms with Crippen LogP contribution < -0.4 is 20.3 Å². The van der Waals surface area contributed by atoms with E-state index in [0.717, 1.165) is 21.7 Å². The number of nitrogens with one attached hydrogen (secondary N) is 2. The molecule has 6 heterocycles. The van der Waals surface area contributed by atoms with E-state index in [0.29, 0.717) is 105 Å². The van der Waals surface area contributed by atoms with Gasteiger partial charge in [-0.15, -0.1) is 11.3 Å². The highest BCUT2D eigenvalue weighted by Crippen LogP contribution is 2.41. The number of aliphatic hydroxyl groups excluding tert-OH is 1. The summed E-state index contributed by atoms with van der Waals surface area (Å²) in [7, 11) is 0. The highest BCUT2D eigenvalue weighted by molar-refractivity contribution is 7.13. The lowest BCUT2D eigenvalue weighted by Crippen LogP contribution is -2.59. The number of nitrogens with zero attached hydrogens (tertiary/aromatic N) is 7. The summed E-state index contributed by atoms with van der Waals surface area (Å²) < 4.78 is 38.9. The van der Waals surface area contributed by atoms with Gasteiger partial charge in [-0.3, -0.25) is 24.3 Å². The standard InChI is InChI=1S/C60H75F2N9O6S/c1-11-42-45(61)21-20-38-26-40(73)27-43(47(38)42)49-48(62)50-44(28-63-49)53(70-23-12-14-39(72)29-70)68-57(66-50)77-41-22-25-69(30-41)32-59(7,8)31-60(9,10)56(76)67-52(58(4,5)6)55(75)71-24-13-15-46(71)54(74)65-34(2)36-16-18-37(19-17-36)51-35(3)64-33-78-51/h16-21,26-28,33-34,39,41,46,52,72-73H,11-15,22-25,29-32H2,1-10H3,(H,65,74)(H,67,76)/t34-,39-,41?,46-,52+/m0/s1. The van der Waals surface area contributed by atoms with Crippen LogP contribution >= 0.6 is 11.3 Å². The fourth-order valence-corrected chi connectivity index (χ4v) is 13.0. The summed E-state index contributed by atoms with van der Waals surface area (Å²) >= 11 is 1.59. The quantitative estimate of drug-likeness (QED) is 0.0720. The molecule has 0 radical (unpaired) electrons. The van der Waals surface area contributed by atoms with Gasteiger partial charge in [0.2, 0.25) is 17.7 Å². The lowest BCUT2D eigenvalue weighted by molar-refractivity contribution is -0.145. The minimum atomic E-state index is -0.888. The fraction of sp³-hybridized carbons (Fsp3) is 0.517. The van der Waals surface area contributed by atoms with Crippen molar-refractivity contribution < 1.29 is 38.1 Å². The Balaban J connectivity index is 0.862. The van der Waals surface area contributed by atoms with Crippen molar-refractivity contribution in [1.82, 2.24) is 40.4 Å². The molecule has 3 aromatic carbocycles. The van der Waals surface area contributed by atoms with Crippen molar-refractivity contribution in [3.8, 4) is 33.5 Å². The molecule has 78 heavy (non-hydrogen) atoms. The van der Waals surface area contributed by atoms with Gasteiger partial charge >= 0.3 is 6.01 Å². The number of phenols is 1. The third kappa shape index (κ3) is 12.0. The third-order valence-electron chi connectivity index (χ3n) is 15.8. The van der Waals surface area contributed by atoms with Crippen molar-refractivity contribution in [2.24, 2.45) is 16.2 Å². The van der Waals surface area contributed by atoms with E-state index >= 15 is 8.78 Å². The highest BCUT2D eigenvalue weighted by Gasteiger charge is 2.45. The molecular weight excluding hydrogens is 1010 g/mol. The van der Waals surface area contributed by atoms with Crippen LogP contribution in [0.5, 0.6) is 11.8 Å². The normalized spacial score (nSPS) is 19.4. The number of aliphatic hydroxyl groups is 1. The molecule has 416 valence electrons. The molecule has 3 saturated heterocycles. The second-order valence-electron chi connectivity index (χ2n) is 24.3. The zero-order valence-corrected chi connectivity index (χ0v) is 47.5. The number of carbonyl (C=O) groups excluding carboxylic acids is 3. The molecule has 5 atom stereocenters. The molecule has 3 amide bonds. The number of aromatic nitrogens is 4. The van der Waals surface area contributed by atoms with E-state index in [4.69, 9.17) is 9.72 Å². The van der Waals surface area contributed by atoms with Crippen molar-refractivity contribution in [3.63, 3.8) is 0 Å². The van der Waals surface area contributed by atoms with Crippen molar-refractivity contribution in [2.45, 2.75) is 145 Å². The van der Waals surface area contributed by atoms with Crippen molar-refractivity contribution >= 4 is 56.6 Å². The van der Waals surface area contributed by atoms with Crippen LogP contribution in [0.2, 0.25) is 0 Å². The number of likely N-dealkylation sites (tertiary alicyclic amines) is 2. The Bertz CT molecular complexity index is 3220. The number of aryl methyl sites for hydroxylation is 2. The average Bonchev–Trinajstić information content (AvgIpc) is 4.17. The van der Waals surface area contributed by atoms with Gasteiger partial charge in [0.05, 0.1) is 33.6 Å². The zero-order chi connectivity index (χ0) is 56.0. The molecule has 15 nitrogen and oxygen atoms in total. The van der Waals surface area contributed by atoms with Crippen molar-refractivity contribution in [2.75, 3.05) is 44.2 Å². The summed E-state index contributed by atoms with van der Waals surface area (Å²) in [5.74, 6) is -1.68. The number of halogens is 2. The summed E-state index contributed by atoms with van der Waals surface area (Å²) in [6, 6.07) is 12.1. The molecule has 9 rings (SSSR count). The van der Waals surface area contributed by atoms with Crippen molar-refractivity contribution in [1.29, 1.82) is 0 Å². The first kappa shape index (κ1) is 56.4. The molecule has 18 heteroatoms. The Labute approximate surface area is 460 Å². The minimum Gasteiger partial charge on any atom is -0.508 e. The van der Waals surface area contributed by atoms with Gasteiger partial charge in [-0.05, 0) is 115 Å². The van der Waals surface area contributed by atoms with Crippen LogP contribution in [-0.2, 0) is 20.8 Å². The number of phenolic OH excluding ortho intramolecular Hbond substituents is 1. The first-order valence-electron chi connectivity index (χ1n) is 27.5. The number of piperidine rings is 1. The molecule has 6 aromatic rings. The van der Waals surface area contributed by atoms with Crippen LogP contribution in [0.4, 0.5) is 14.6 Å². The number of anilines is 1. The molecular formula is C60H75F2N9O6S. The summed E-state index contributed by atoms with van der Waals surface area (Å²) in [6.45, 7) is 22.7. The molecule has 0 saturated carbocycles. The number of β-amino-alcohol motifs (C(OH)–C–C–N with tert-alkyl or cyclic N) is 1. The number of pyridine rings is 1. The van der Waals surface area contributed by atoms with Gasteiger partial charge in [0.1, 0.15) is 46.8 Å². The number of hydrogen-bond acceptors (Lipinski definition) is 13. The number of carbonyl (C=O) groups is 3. The second kappa shape index (κ2) is 22.4. The summed E-state index contributed by atoms with van der Waals surface area (Å²) in [4.78, 5) is 68.3. The van der Waals surface area contributed by atoms with Crippen LogP contribution in [0.25, 0.3) is 43.4 Å². The number of amides is 3. The number of rotatable bonds is 16. The summed E-state index contributed by atoms with van der Waals surface area (Å²) in [5, 5.41) is 29.1. The zero-order valence-electron chi connectivity index (χ0n) is 46.7. The van der Waals surface area contributed by atoms with Crippen LogP contribution in [0.3, 0.4) is 0 Å². The van der Waals surface area contributed by atoms with Gasteiger partial charge < -0.3 is 35.4 Å². The van der Waals surface area contributed by atoms with Gasteiger partial charge in [0, 0.05) is 56.4 Å². The van der Waals surface area contributed by atoms with Crippen molar-refractivity contribution in [3.05, 3.63) is 88.7 Å². The van der Waals surface area contributed by atoms with Gasteiger partial charge in [-0.2, -0.15) is 9.97 Å². The van der Waals surface area contributed by atoms with E-state index in [2.05, 4.69) is 44.3 Å². The van der Waals surface area contributed by atoms with E-state index < -0.39 is 40.7 Å². The third-order valence-corrected chi connectivity index (χ3v) is 16.8. The Kier molecular flexibility index (Phi) is 16.2. The Morgan fingerprint density at radius 3 is 2.35 bits per heavy atom. The smallest absolute Gasteiger partial charge is 0.319 e. The van der Waals surface area contributed by atoms with Gasteiger partial charge in [0.15, 0.2) is 5.82 Å². The summed E-state index contributed by atoms with van der Waals surface area (Å²) in [5.41, 5.74) is 3.37. The number of hydrogen-bond donors (Lipinski definition) is 4. The maximum atomic E-state index is 17.2. The molecule has 3 fully saturated rings. The van der Waals surface area contributed by atoms with E-state index in [1.807, 2.05) is 90.1 Å². The lowest BCUT2D eigenvalue weighted by Gasteiger charge is -2.40. The number of ether oxygens (including phenoxy) is 1. The molecule has 0 aliphatic carbocycles. The molecule has 0 bridgehead atoms. The second-order valence-corrected chi connectivity index (χ2v) is 25.2. The number of thiazole rings is 1. The first-order chi connectivity index (χ1) is 36.9. The number of fused-ring (bicyclic) bond motifs is 2. The first-order valence-corrected chi connectivity index (χ1v) is 28.3. The average molecular weight is 1090 g/mol. The van der Waals surface area contributed by atoms with Crippen LogP contribution in [0, 0.1) is 34.8 Å². The van der Waals surface area contributed by atoms with Gasteiger partial charge in [-0.25, -0.2) is 13.8 Å². The number of benzene rings is 3. The molecule has 1 unspecified atom stereocenters. The molecule has 3 aliphatic heterocycles. The highest BCUT2D eigenvalue weighted by atomic mass is 32.1. The maximum Gasteiger partial charge on any atom is 0.319 e. The van der Waals surface area contributed by atoms with E-state index in [1.54, 1.807) is 22.3 Å². The van der Waals surface area contributed by atoms with E-state index in [9.17, 15) is 24.6 Å². The van der Waals surface area contributed by atoms with E-state index in [-0.39, 0.29) is 70.4 Å². The van der Waals surface area contributed by atoms with Crippen LogP contribution in [0.1, 0.15) is 124 Å². The fourth-order valence-electron chi connectivity index (χ4n) is 12.1. The topological polar surface area (TPSA) is 186 Å². The molecule has 4 N–H and O–H groups in total.